The zero-order valence-corrected chi connectivity index (χ0v) is 13.5. The molecule has 2 heteroatoms. The predicted molar refractivity (Wildman–Crippen MR) is 80.3 cm³/mol. The van der Waals surface area contributed by atoms with Gasteiger partial charge >= 0.3 is 0 Å². The first-order valence-electron chi connectivity index (χ1n) is 7.07. The molecule has 0 saturated heterocycles. The van der Waals surface area contributed by atoms with Crippen LogP contribution in [0, 0.1) is 11.3 Å². The topological polar surface area (TPSA) is 17.1 Å². The lowest BCUT2D eigenvalue weighted by atomic mass is 9.81. The number of ketones is 1. The Morgan fingerprint density at radius 1 is 1.44 bits per heavy atom. The van der Waals surface area contributed by atoms with E-state index in [1.807, 2.05) is 6.08 Å². The number of carbonyl (C=O) groups is 1. The maximum absolute atomic E-state index is 12.8. The van der Waals surface area contributed by atoms with E-state index in [1.165, 1.54) is 11.6 Å². The van der Waals surface area contributed by atoms with Crippen LogP contribution in [0.2, 0.25) is 18.1 Å². The molecule has 0 spiro atoms. The summed E-state index contributed by atoms with van der Waals surface area (Å²) in [5.41, 5.74) is 0.00192. The summed E-state index contributed by atoms with van der Waals surface area (Å²) < 4.78 is 0. The Morgan fingerprint density at radius 2 is 2.06 bits per heavy atom. The minimum atomic E-state index is -1.70. The molecule has 0 unspecified atom stereocenters. The molecule has 0 amide bonds. The quantitative estimate of drug-likeness (QED) is 0.528. The Hall–Kier alpha value is -0.633. The highest BCUT2D eigenvalue weighted by Crippen LogP contribution is 2.55. The number of hydrogen-bond donors (Lipinski definition) is 0. The largest absolute Gasteiger partial charge is 0.295 e. The molecule has 0 N–H and O–H groups in total. The van der Waals surface area contributed by atoms with Gasteiger partial charge in [-0.1, -0.05) is 52.4 Å². The molecule has 1 saturated carbocycles. The summed E-state index contributed by atoms with van der Waals surface area (Å²) in [4.78, 5) is 12.8. The zero-order chi connectivity index (χ0) is 13.8. The van der Waals surface area contributed by atoms with Crippen molar-refractivity contribution in [3.63, 3.8) is 0 Å². The van der Waals surface area contributed by atoms with Crippen LogP contribution in [-0.4, -0.2) is 13.9 Å². The average molecular weight is 262 g/mol. The normalized spacial score (nSPS) is 32.4. The fourth-order valence-electron chi connectivity index (χ4n) is 3.33. The maximum Gasteiger partial charge on any atom is 0.158 e. The van der Waals surface area contributed by atoms with E-state index in [9.17, 15) is 4.79 Å². The molecule has 0 aromatic heterocycles. The van der Waals surface area contributed by atoms with Crippen LogP contribution in [0.15, 0.2) is 23.9 Å². The van der Waals surface area contributed by atoms with E-state index < -0.39 is 8.07 Å². The minimum Gasteiger partial charge on any atom is -0.295 e. The molecule has 0 bridgehead atoms. The third-order valence-electron chi connectivity index (χ3n) is 5.67. The Balaban J connectivity index is 2.48. The van der Waals surface area contributed by atoms with Crippen LogP contribution in [0.25, 0.3) is 0 Å². The third kappa shape index (κ3) is 1.69. The van der Waals surface area contributed by atoms with Crippen LogP contribution in [-0.2, 0) is 4.79 Å². The Morgan fingerprint density at radius 3 is 2.50 bits per heavy atom. The number of hydrogen-bond acceptors (Lipinski definition) is 1. The fourth-order valence-corrected chi connectivity index (χ4v) is 5.55. The lowest BCUT2D eigenvalue weighted by molar-refractivity contribution is -0.118. The summed E-state index contributed by atoms with van der Waals surface area (Å²) in [5.74, 6) is 0.651. The van der Waals surface area contributed by atoms with Crippen molar-refractivity contribution >= 4 is 13.9 Å². The molecular weight excluding hydrogens is 236 g/mol. The lowest BCUT2D eigenvalue weighted by Gasteiger charge is -2.37. The van der Waals surface area contributed by atoms with Crippen LogP contribution in [0.4, 0.5) is 0 Å². The van der Waals surface area contributed by atoms with Gasteiger partial charge in [0.05, 0.1) is 8.07 Å². The van der Waals surface area contributed by atoms with Gasteiger partial charge in [-0.25, -0.2) is 0 Å². The van der Waals surface area contributed by atoms with Crippen molar-refractivity contribution in [1.29, 1.82) is 0 Å². The van der Waals surface area contributed by atoms with Crippen molar-refractivity contribution in [3.8, 4) is 0 Å². The van der Waals surface area contributed by atoms with Gasteiger partial charge in [0.2, 0.25) is 0 Å². The van der Waals surface area contributed by atoms with E-state index in [1.54, 1.807) is 0 Å². The van der Waals surface area contributed by atoms with E-state index in [0.717, 1.165) is 12.8 Å². The van der Waals surface area contributed by atoms with Gasteiger partial charge in [-0.05, 0) is 23.1 Å². The van der Waals surface area contributed by atoms with E-state index in [2.05, 4.69) is 46.5 Å². The van der Waals surface area contributed by atoms with Gasteiger partial charge in [-0.15, -0.1) is 6.58 Å². The standard InChI is InChI=1S/C16H26OSi/c1-7-16-10-8-9-12(16)14(17)13(11-16)18(5,6)15(2,3)4/h7,11-12H,1,8-10H2,2-6H3/t12-,16+/m1/s1. The molecule has 0 aromatic carbocycles. The molecule has 100 valence electrons. The molecule has 2 rings (SSSR count). The summed E-state index contributed by atoms with van der Waals surface area (Å²) in [6.45, 7) is 15.5. The first kappa shape index (κ1) is 13.8. The summed E-state index contributed by atoms with van der Waals surface area (Å²) in [7, 11) is -1.70. The Kier molecular flexibility index (Phi) is 3.01. The number of fused-ring (bicyclic) bond motifs is 1. The Labute approximate surface area is 112 Å². The van der Waals surface area contributed by atoms with Gasteiger partial charge in [-0.2, -0.15) is 0 Å². The molecule has 0 radical (unpaired) electrons. The van der Waals surface area contributed by atoms with Crippen LogP contribution < -0.4 is 0 Å². The SMILES string of the molecule is C=C[C@]12C=C([Si](C)(C)C(C)(C)C)C(=O)[C@H]1CCC2. The second kappa shape index (κ2) is 3.93. The molecule has 1 nitrogen and oxygen atoms in total. The van der Waals surface area contributed by atoms with Crippen molar-refractivity contribution in [2.45, 2.75) is 58.2 Å². The number of allylic oxidation sites excluding steroid dienone is 3. The molecule has 2 aliphatic rings. The maximum atomic E-state index is 12.8. The molecule has 2 aliphatic carbocycles. The lowest BCUT2D eigenvalue weighted by Crippen LogP contribution is -2.42. The highest BCUT2D eigenvalue weighted by Gasteiger charge is 2.54. The van der Waals surface area contributed by atoms with Gasteiger partial charge in [0.15, 0.2) is 5.78 Å². The van der Waals surface area contributed by atoms with E-state index in [-0.39, 0.29) is 16.4 Å². The van der Waals surface area contributed by atoms with Crippen LogP contribution >= 0.6 is 0 Å². The number of carbonyl (C=O) groups excluding carboxylic acids is 1. The average Bonchev–Trinajstić information content (AvgIpc) is 2.77. The van der Waals surface area contributed by atoms with Crippen molar-refractivity contribution in [3.05, 3.63) is 23.9 Å². The summed E-state index contributed by atoms with van der Waals surface area (Å²) in [5, 5.41) is 1.41. The van der Waals surface area contributed by atoms with Gasteiger partial charge in [0, 0.05) is 11.3 Å². The Bertz CT molecular complexity index is 425. The smallest absolute Gasteiger partial charge is 0.158 e. The van der Waals surface area contributed by atoms with Gasteiger partial charge in [0.1, 0.15) is 0 Å². The second-order valence-electron chi connectivity index (χ2n) is 7.56. The molecule has 18 heavy (non-hydrogen) atoms. The highest BCUT2D eigenvalue weighted by molar-refractivity contribution is 6.90. The first-order valence-corrected chi connectivity index (χ1v) is 10.1. The van der Waals surface area contributed by atoms with Crippen molar-refractivity contribution < 1.29 is 4.79 Å². The predicted octanol–water partition coefficient (Wildman–Crippen LogP) is 4.52. The molecule has 0 aliphatic heterocycles. The van der Waals surface area contributed by atoms with E-state index >= 15 is 0 Å². The van der Waals surface area contributed by atoms with Crippen molar-refractivity contribution in [2.75, 3.05) is 0 Å². The van der Waals surface area contributed by atoms with Crippen molar-refractivity contribution in [2.24, 2.45) is 11.3 Å². The molecular formula is C16H26OSi. The van der Waals surface area contributed by atoms with E-state index in [4.69, 9.17) is 0 Å². The van der Waals surface area contributed by atoms with Gasteiger partial charge in [0.25, 0.3) is 0 Å². The van der Waals surface area contributed by atoms with Gasteiger partial charge in [-0.3, -0.25) is 4.79 Å². The molecule has 0 heterocycles. The zero-order valence-electron chi connectivity index (χ0n) is 12.5. The van der Waals surface area contributed by atoms with Gasteiger partial charge < -0.3 is 0 Å². The van der Waals surface area contributed by atoms with Crippen LogP contribution in [0.5, 0.6) is 0 Å². The second-order valence-corrected chi connectivity index (χ2v) is 12.8. The summed E-state index contributed by atoms with van der Waals surface area (Å²) in [6.07, 6.45) is 7.70. The monoisotopic (exact) mass is 262 g/mol. The van der Waals surface area contributed by atoms with Crippen molar-refractivity contribution in [1.82, 2.24) is 0 Å². The van der Waals surface area contributed by atoms with E-state index in [0.29, 0.717) is 5.78 Å². The minimum absolute atomic E-state index is 0.00192. The molecule has 2 atom stereocenters. The number of rotatable bonds is 2. The summed E-state index contributed by atoms with van der Waals surface area (Å²) >= 11 is 0. The highest BCUT2D eigenvalue weighted by atomic mass is 28.3. The summed E-state index contributed by atoms with van der Waals surface area (Å²) in [6, 6.07) is 0. The number of Topliss-reactive ketones (excluding diaryl/α,β-unsaturated/α-hetero) is 1. The fraction of sp³-hybridized carbons (Fsp3) is 0.688. The van der Waals surface area contributed by atoms with Crippen LogP contribution in [0.1, 0.15) is 40.0 Å². The molecule has 0 aromatic rings. The molecule has 1 fully saturated rings. The third-order valence-corrected chi connectivity index (χ3v) is 11.2. The van der Waals surface area contributed by atoms with Crippen LogP contribution in [0.3, 0.4) is 0 Å². The first-order chi connectivity index (χ1) is 8.16.